The largest absolute Gasteiger partial charge is 0.444 e. The molecule has 3 rings (SSSR count). The van der Waals surface area contributed by atoms with Gasteiger partial charge in [0.05, 0.1) is 28.5 Å². The number of thioether (sulfide) groups is 1. The van der Waals surface area contributed by atoms with Crippen molar-refractivity contribution in [2.24, 2.45) is 0 Å². The van der Waals surface area contributed by atoms with Gasteiger partial charge in [-0.25, -0.2) is 9.78 Å². The highest BCUT2D eigenvalue weighted by molar-refractivity contribution is 8.00. The molecule has 6 nitrogen and oxygen atoms in total. The number of halogens is 1. The van der Waals surface area contributed by atoms with Crippen molar-refractivity contribution in [3.8, 4) is 0 Å². The number of nitrogens with zero attached hydrogens (tertiary/aromatic N) is 2. The van der Waals surface area contributed by atoms with Gasteiger partial charge in [0.25, 0.3) is 0 Å². The number of rotatable bonds is 2. The van der Waals surface area contributed by atoms with E-state index in [9.17, 15) is 4.79 Å². The molecule has 0 bridgehead atoms. The van der Waals surface area contributed by atoms with Gasteiger partial charge in [0, 0.05) is 12.7 Å². The standard InChI is InChI=1S/C18H25ClN2O4S/c1-16(2,3)24-15(22)21-9-13(26-14-7-6-12(19)8-20-14)18(10-21)11-23-17(4,5)25-18/h6-8,13H,9-11H2,1-5H3. The molecule has 1 amide bonds. The topological polar surface area (TPSA) is 60.9 Å². The van der Waals surface area contributed by atoms with Crippen LogP contribution < -0.4 is 0 Å². The van der Waals surface area contributed by atoms with Crippen LogP contribution >= 0.6 is 23.4 Å². The Bertz CT molecular complexity index is 677. The molecule has 2 fully saturated rings. The Balaban J connectivity index is 1.80. The quantitative estimate of drug-likeness (QED) is 0.748. The van der Waals surface area contributed by atoms with Crippen LogP contribution in [0.15, 0.2) is 23.4 Å². The normalized spacial score (nSPS) is 27.9. The summed E-state index contributed by atoms with van der Waals surface area (Å²) in [5.41, 5.74) is -1.13. The van der Waals surface area contributed by atoms with E-state index in [1.165, 1.54) is 0 Å². The number of amides is 1. The van der Waals surface area contributed by atoms with Crippen molar-refractivity contribution < 1.29 is 19.0 Å². The Hall–Kier alpha value is -1.02. The van der Waals surface area contributed by atoms with Crippen molar-refractivity contribution in [1.82, 2.24) is 9.88 Å². The Morgan fingerprint density at radius 2 is 2.15 bits per heavy atom. The van der Waals surface area contributed by atoms with Crippen LogP contribution in [-0.2, 0) is 14.2 Å². The van der Waals surface area contributed by atoms with Crippen molar-refractivity contribution in [2.75, 3.05) is 19.7 Å². The first kappa shape index (κ1) is 19.7. The van der Waals surface area contributed by atoms with Gasteiger partial charge < -0.3 is 19.1 Å². The van der Waals surface area contributed by atoms with E-state index in [1.807, 2.05) is 40.7 Å². The fourth-order valence-corrected chi connectivity index (χ4v) is 4.45. The summed E-state index contributed by atoms with van der Waals surface area (Å²) in [6.07, 6.45) is 1.28. The molecule has 2 saturated heterocycles. The van der Waals surface area contributed by atoms with E-state index < -0.39 is 17.0 Å². The number of likely N-dealkylation sites (tertiary alicyclic amines) is 1. The first-order valence-electron chi connectivity index (χ1n) is 8.58. The van der Waals surface area contributed by atoms with E-state index in [2.05, 4.69) is 4.98 Å². The Morgan fingerprint density at radius 1 is 1.42 bits per heavy atom. The third-order valence-electron chi connectivity index (χ3n) is 4.16. The highest BCUT2D eigenvalue weighted by atomic mass is 35.5. The minimum Gasteiger partial charge on any atom is -0.444 e. The predicted octanol–water partition coefficient (Wildman–Crippen LogP) is 3.97. The number of pyridine rings is 1. The third-order valence-corrected chi connectivity index (χ3v) is 5.73. The number of carbonyl (C=O) groups excluding carboxylic acids is 1. The zero-order valence-electron chi connectivity index (χ0n) is 15.7. The van der Waals surface area contributed by atoms with Gasteiger partial charge in [-0.3, -0.25) is 0 Å². The molecule has 0 aromatic carbocycles. The van der Waals surface area contributed by atoms with Gasteiger partial charge in [0.1, 0.15) is 11.2 Å². The van der Waals surface area contributed by atoms with Crippen LogP contribution in [0.25, 0.3) is 0 Å². The minimum atomic E-state index is -0.684. The molecule has 3 heterocycles. The summed E-state index contributed by atoms with van der Waals surface area (Å²) in [7, 11) is 0. The summed E-state index contributed by atoms with van der Waals surface area (Å²) in [5, 5.41) is 1.40. The Kier molecular flexibility index (Phi) is 5.20. The molecule has 8 heteroatoms. The molecule has 26 heavy (non-hydrogen) atoms. The summed E-state index contributed by atoms with van der Waals surface area (Å²) >= 11 is 7.50. The molecule has 144 valence electrons. The second kappa shape index (κ2) is 6.86. The molecule has 2 aliphatic rings. The van der Waals surface area contributed by atoms with Crippen LogP contribution in [0.5, 0.6) is 0 Å². The maximum Gasteiger partial charge on any atom is 0.410 e. The van der Waals surface area contributed by atoms with Crippen LogP contribution in [0.4, 0.5) is 4.79 Å². The molecule has 1 aromatic heterocycles. The first-order chi connectivity index (χ1) is 12.0. The molecular formula is C18H25ClN2O4S. The van der Waals surface area contributed by atoms with Gasteiger partial charge in [0.15, 0.2) is 5.79 Å². The van der Waals surface area contributed by atoms with Crippen LogP contribution in [0.3, 0.4) is 0 Å². The molecule has 2 aliphatic heterocycles. The first-order valence-corrected chi connectivity index (χ1v) is 9.84. The summed E-state index contributed by atoms with van der Waals surface area (Å²) in [6.45, 7) is 10.7. The lowest BCUT2D eigenvalue weighted by Gasteiger charge is -2.29. The van der Waals surface area contributed by atoms with E-state index in [4.69, 9.17) is 25.8 Å². The Morgan fingerprint density at radius 3 is 2.69 bits per heavy atom. The lowest BCUT2D eigenvalue weighted by Crippen LogP contribution is -2.45. The molecule has 0 radical (unpaired) electrons. The maximum absolute atomic E-state index is 12.6. The molecule has 0 saturated carbocycles. The molecular weight excluding hydrogens is 376 g/mol. The summed E-state index contributed by atoms with van der Waals surface area (Å²) in [5.74, 6) is -0.684. The highest BCUT2D eigenvalue weighted by Gasteiger charge is 2.57. The fraction of sp³-hybridized carbons (Fsp3) is 0.667. The van der Waals surface area contributed by atoms with Gasteiger partial charge in [-0.1, -0.05) is 23.4 Å². The lowest BCUT2D eigenvalue weighted by molar-refractivity contribution is -0.157. The minimum absolute atomic E-state index is 0.0227. The van der Waals surface area contributed by atoms with E-state index >= 15 is 0 Å². The second-order valence-corrected chi connectivity index (χ2v) is 9.80. The van der Waals surface area contributed by atoms with Gasteiger partial charge in [-0.15, -0.1) is 0 Å². The predicted molar refractivity (Wildman–Crippen MR) is 101 cm³/mol. The molecule has 2 unspecified atom stereocenters. The number of carbonyl (C=O) groups is 1. The van der Waals surface area contributed by atoms with Gasteiger partial charge >= 0.3 is 6.09 Å². The van der Waals surface area contributed by atoms with E-state index in [1.54, 1.807) is 28.9 Å². The summed E-state index contributed by atoms with van der Waals surface area (Å²) < 4.78 is 17.6. The van der Waals surface area contributed by atoms with Crippen molar-refractivity contribution in [1.29, 1.82) is 0 Å². The number of hydrogen-bond donors (Lipinski definition) is 0. The van der Waals surface area contributed by atoms with E-state index in [0.717, 1.165) is 5.03 Å². The van der Waals surface area contributed by atoms with Crippen LogP contribution in [-0.4, -0.2) is 57.9 Å². The fourth-order valence-electron chi connectivity index (χ4n) is 3.12. The summed E-state index contributed by atoms with van der Waals surface area (Å²) in [6, 6.07) is 3.68. The van der Waals surface area contributed by atoms with Crippen LogP contribution in [0.2, 0.25) is 5.02 Å². The smallest absolute Gasteiger partial charge is 0.410 e. The van der Waals surface area contributed by atoms with E-state index in [-0.39, 0.29) is 11.3 Å². The van der Waals surface area contributed by atoms with Crippen LogP contribution in [0.1, 0.15) is 34.6 Å². The average molecular weight is 401 g/mol. The molecule has 1 spiro atoms. The lowest BCUT2D eigenvalue weighted by atomic mass is 10.0. The van der Waals surface area contributed by atoms with Gasteiger partial charge in [-0.05, 0) is 46.8 Å². The SMILES string of the molecule is CC(C)(C)OC(=O)N1CC(Sc2ccc(Cl)cn2)C2(COC(C)(C)O2)C1. The van der Waals surface area contributed by atoms with Gasteiger partial charge in [0.2, 0.25) is 0 Å². The average Bonchev–Trinajstić information content (AvgIpc) is 3.00. The van der Waals surface area contributed by atoms with Gasteiger partial charge in [-0.2, -0.15) is 0 Å². The van der Waals surface area contributed by atoms with Crippen molar-refractivity contribution >= 4 is 29.5 Å². The third kappa shape index (κ3) is 4.44. The molecule has 1 aromatic rings. The number of aromatic nitrogens is 1. The molecule has 0 N–H and O–H groups in total. The molecule has 0 aliphatic carbocycles. The maximum atomic E-state index is 12.6. The van der Waals surface area contributed by atoms with Crippen molar-refractivity contribution in [3.05, 3.63) is 23.4 Å². The zero-order valence-corrected chi connectivity index (χ0v) is 17.3. The zero-order chi connectivity index (χ0) is 19.2. The monoisotopic (exact) mass is 400 g/mol. The van der Waals surface area contributed by atoms with Crippen LogP contribution in [0, 0.1) is 0 Å². The second-order valence-electron chi connectivity index (χ2n) is 8.14. The Labute approximate surface area is 163 Å². The van der Waals surface area contributed by atoms with Crippen molar-refractivity contribution in [2.45, 2.75) is 61.9 Å². The number of hydrogen-bond acceptors (Lipinski definition) is 6. The number of ether oxygens (including phenoxy) is 3. The molecule has 2 atom stereocenters. The van der Waals surface area contributed by atoms with E-state index in [0.29, 0.717) is 24.7 Å². The van der Waals surface area contributed by atoms with Crippen molar-refractivity contribution in [3.63, 3.8) is 0 Å². The summed E-state index contributed by atoms with van der Waals surface area (Å²) in [4.78, 5) is 18.6. The highest BCUT2D eigenvalue weighted by Crippen LogP contribution is 2.44.